The summed E-state index contributed by atoms with van der Waals surface area (Å²) in [5.74, 6) is 0.613. The molecule has 1 aromatic rings. The van der Waals surface area contributed by atoms with Crippen molar-refractivity contribution in [3.8, 4) is 0 Å². The van der Waals surface area contributed by atoms with E-state index in [1.165, 1.54) is 11.1 Å². The van der Waals surface area contributed by atoms with E-state index in [1.54, 1.807) is 0 Å². The van der Waals surface area contributed by atoms with Crippen molar-refractivity contribution >= 4 is 5.57 Å². The first-order valence-electron chi connectivity index (χ1n) is 5.01. The third-order valence-electron chi connectivity index (χ3n) is 2.15. The van der Waals surface area contributed by atoms with Crippen LogP contribution >= 0.6 is 0 Å². The zero-order valence-corrected chi connectivity index (χ0v) is 8.75. The highest BCUT2D eigenvalue weighted by atomic mass is 14.1. The molecular formula is C13H18. The minimum Gasteiger partial charge on any atom is -0.0807 e. The number of rotatable bonds is 3. The van der Waals surface area contributed by atoms with Crippen molar-refractivity contribution in [3.05, 3.63) is 42.0 Å². The van der Waals surface area contributed by atoms with Gasteiger partial charge in [-0.2, -0.15) is 0 Å². The Balaban J connectivity index is 2.96. The average molecular weight is 174 g/mol. The van der Waals surface area contributed by atoms with Crippen LogP contribution in [0.5, 0.6) is 0 Å². The van der Waals surface area contributed by atoms with Gasteiger partial charge in [-0.1, -0.05) is 57.2 Å². The van der Waals surface area contributed by atoms with E-state index in [-0.39, 0.29) is 0 Å². The Hall–Kier alpha value is -1.04. The number of hydrogen-bond donors (Lipinski definition) is 0. The van der Waals surface area contributed by atoms with Gasteiger partial charge in [-0.3, -0.25) is 0 Å². The van der Waals surface area contributed by atoms with Crippen LogP contribution in [-0.4, -0.2) is 0 Å². The summed E-state index contributed by atoms with van der Waals surface area (Å²) in [6.07, 6.45) is 3.43. The summed E-state index contributed by atoms with van der Waals surface area (Å²) in [4.78, 5) is 0. The quantitative estimate of drug-likeness (QED) is 0.646. The maximum absolute atomic E-state index is 2.32. The van der Waals surface area contributed by atoms with E-state index in [0.29, 0.717) is 5.92 Å². The Labute approximate surface area is 81.3 Å². The molecule has 1 aromatic carbocycles. The fourth-order valence-corrected chi connectivity index (χ4v) is 1.54. The van der Waals surface area contributed by atoms with Gasteiger partial charge in [0, 0.05) is 0 Å². The Bertz CT molecular complexity index is 267. The lowest BCUT2D eigenvalue weighted by Gasteiger charge is -2.11. The van der Waals surface area contributed by atoms with E-state index >= 15 is 0 Å². The summed E-state index contributed by atoms with van der Waals surface area (Å²) >= 11 is 0. The van der Waals surface area contributed by atoms with Crippen LogP contribution in [0, 0.1) is 5.92 Å². The van der Waals surface area contributed by atoms with Crippen LogP contribution < -0.4 is 0 Å². The van der Waals surface area contributed by atoms with Crippen LogP contribution in [0.25, 0.3) is 5.57 Å². The van der Waals surface area contributed by atoms with Gasteiger partial charge in [0.05, 0.1) is 0 Å². The molecule has 0 aliphatic rings. The summed E-state index contributed by atoms with van der Waals surface area (Å²) in [6.45, 7) is 6.67. The lowest BCUT2D eigenvalue weighted by atomic mass is 9.94. The molecule has 0 saturated carbocycles. The second-order valence-electron chi connectivity index (χ2n) is 3.59. The van der Waals surface area contributed by atoms with Gasteiger partial charge in [-0.05, 0) is 23.5 Å². The number of hydrogen-bond acceptors (Lipinski definition) is 0. The SMILES string of the molecule is CCC=C(c1ccccc1)C(C)C. The molecule has 70 valence electrons. The minimum atomic E-state index is 0.613. The molecule has 13 heavy (non-hydrogen) atoms. The van der Waals surface area contributed by atoms with Gasteiger partial charge >= 0.3 is 0 Å². The normalized spacial score (nSPS) is 12.2. The minimum absolute atomic E-state index is 0.613. The van der Waals surface area contributed by atoms with Crippen LogP contribution in [-0.2, 0) is 0 Å². The van der Waals surface area contributed by atoms with Gasteiger partial charge in [0.1, 0.15) is 0 Å². The topological polar surface area (TPSA) is 0 Å². The maximum atomic E-state index is 2.32. The van der Waals surface area contributed by atoms with E-state index in [9.17, 15) is 0 Å². The van der Waals surface area contributed by atoms with Gasteiger partial charge in [0.15, 0.2) is 0 Å². The predicted octanol–water partition coefficient (Wildman–Crippen LogP) is 4.14. The van der Waals surface area contributed by atoms with E-state index in [1.807, 2.05) is 0 Å². The first-order valence-corrected chi connectivity index (χ1v) is 5.01. The van der Waals surface area contributed by atoms with Crippen molar-refractivity contribution in [3.63, 3.8) is 0 Å². The van der Waals surface area contributed by atoms with E-state index in [4.69, 9.17) is 0 Å². The van der Waals surface area contributed by atoms with E-state index < -0.39 is 0 Å². The van der Waals surface area contributed by atoms with Crippen LogP contribution in [0.3, 0.4) is 0 Å². The molecule has 0 aromatic heterocycles. The fourth-order valence-electron chi connectivity index (χ4n) is 1.54. The highest BCUT2D eigenvalue weighted by Crippen LogP contribution is 2.22. The molecule has 0 amide bonds. The third-order valence-corrected chi connectivity index (χ3v) is 2.15. The summed E-state index contributed by atoms with van der Waals surface area (Å²) in [6, 6.07) is 10.6. The summed E-state index contributed by atoms with van der Waals surface area (Å²) in [5.41, 5.74) is 2.82. The number of benzene rings is 1. The lowest BCUT2D eigenvalue weighted by molar-refractivity contribution is 0.850. The molecule has 0 heterocycles. The molecule has 0 fully saturated rings. The summed E-state index contributed by atoms with van der Waals surface area (Å²) in [5, 5.41) is 0. The van der Waals surface area contributed by atoms with Crippen molar-refractivity contribution in [2.45, 2.75) is 27.2 Å². The molecule has 0 heteroatoms. The first-order chi connectivity index (χ1) is 6.25. The zero-order valence-electron chi connectivity index (χ0n) is 8.75. The van der Waals surface area contributed by atoms with E-state index in [0.717, 1.165) is 6.42 Å². The van der Waals surface area contributed by atoms with Gasteiger partial charge in [-0.15, -0.1) is 0 Å². The number of allylic oxidation sites excluding steroid dienone is 2. The first kappa shape index (κ1) is 10.0. The van der Waals surface area contributed by atoms with Crippen LogP contribution in [0.15, 0.2) is 36.4 Å². The zero-order chi connectivity index (χ0) is 9.68. The lowest BCUT2D eigenvalue weighted by Crippen LogP contribution is -1.93. The molecular weight excluding hydrogens is 156 g/mol. The molecule has 1 rings (SSSR count). The molecule has 0 N–H and O–H groups in total. The average Bonchev–Trinajstić information content (AvgIpc) is 2.15. The molecule has 0 spiro atoms. The standard InChI is InChI=1S/C13H18/c1-4-8-13(11(2)3)12-9-6-5-7-10-12/h5-11H,4H2,1-3H3. The maximum Gasteiger partial charge on any atom is -0.0216 e. The van der Waals surface area contributed by atoms with Gasteiger partial charge in [0.25, 0.3) is 0 Å². The smallest absolute Gasteiger partial charge is 0.0216 e. The van der Waals surface area contributed by atoms with Crippen LogP contribution in [0.1, 0.15) is 32.8 Å². The highest BCUT2D eigenvalue weighted by Gasteiger charge is 2.03. The van der Waals surface area contributed by atoms with Crippen molar-refractivity contribution < 1.29 is 0 Å². The van der Waals surface area contributed by atoms with Crippen LogP contribution in [0.2, 0.25) is 0 Å². The molecule has 0 atom stereocenters. The van der Waals surface area contributed by atoms with E-state index in [2.05, 4.69) is 57.2 Å². The van der Waals surface area contributed by atoms with Crippen molar-refractivity contribution in [1.29, 1.82) is 0 Å². The predicted molar refractivity (Wildman–Crippen MR) is 59.5 cm³/mol. The Kier molecular flexibility index (Phi) is 3.75. The van der Waals surface area contributed by atoms with Crippen molar-refractivity contribution in [2.24, 2.45) is 5.92 Å². The third kappa shape index (κ3) is 2.73. The Morgan fingerprint density at radius 3 is 2.31 bits per heavy atom. The monoisotopic (exact) mass is 174 g/mol. The Morgan fingerprint density at radius 1 is 1.23 bits per heavy atom. The molecule has 0 saturated heterocycles. The fraction of sp³-hybridized carbons (Fsp3) is 0.385. The Morgan fingerprint density at radius 2 is 1.85 bits per heavy atom. The second kappa shape index (κ2) is 4.86. The van der Waals surface area contributed by atoms with Gasteiger partial charge in [-0.25, -0.2) is 0 Å². The molecule has 0 nitrogen and oxygen atoms in total. The molecule has 0 aliphatic carbocycles. The summed E-state index contributed by atoms with van der Waals surface area (Å²) in [7, 11) is 0. The van der Waals surface area contributed by atoms with Crippen molar-refractivity contribution in [2.75, 3.05) is 0 Å². The van der Waals surface area contributed by atoms with Gasteiger partial charge < -0.3 is 0 Å². The largest absolute Gasteiger partial charge is 0.0807 e. The second-order valence-corrected chi connectivity index (χ2v) is 3.59. The molecule has 0 radical (unpaired) electrons. The molecule has 0 unspecified atom stereocenters. The van der Waals surface area contributed by atoms with Gasteiger partial charge in [0.2, 0.25) is 0 Å². The highest BCUT2D eigenvalue weighted by molar-refractivity contribution is 5.66. The summed E-state index contributed by atoms with van der Waals surface area (Å²) < 4.78 is 0. The molecule has 0 aliphatic heterocycles. The van der Waals surface area contributed by atoms with Crippen molar-refractivity contribution in [1.82, 2.24) is 0 Å². The molecule has 0 bridgehead atoms. The van der Waals surface area contributed by atoms with Crippen LogP contribution in [0.4, 0.5) is 0 Å².